The van der Waals surface area contributed by atoms with Gasteiger partial charge in [-0.25, -0.2) is 20.0 Å². The molecule has 0 saturated carbocycles. The van der Waals surface area contributed by atoms with E-state index >= 15 is 0 Å². The summed E-state index contributed by atoms with van der Waals surface area (Å²) in [5.74, 6) is -0.560. The maximum absolute atomic E-state index is 13.9. The molecular formula is C41H38ClN9O6. The van der Waals surface area contributed by atoms with E-state index in [9.17, 15) is 24.0 Å². The van der Waals surface area contributed by atoms with Gasteiger partial charge < -0.3 is 19.9 Å². The largest absolute Gasteiger partial charge is 0.457 e. The number of nitrogens with zero attached hydrogens (tertiary/aromatic N) is 6. The Bertz CT molecular complexity index is 2430. The predicted octanol–water partition coefficient (Wildman–Crippen LogP) is 4.65. The first-order valence-corrected chi connectivity index (χ1v) is 19.4. The van der Waals surface area contributed by atoms with Gasteiger partial charge in [0.25, 0.3) is 11.8 Å². The molecule has 0 radical (unpaired) electrons. The lowest BCUT2D eigenvalue weighted by molar-refractivity contribution is -0.136. The van der Waals surface area contributed by atoms with E-state index in [-0.39, 0.29) is 40.8 Å². The number of ether oxygens (including phenoxy) is 1. The van der Waals surface area contributed by atoms with E-state index in [1.54, 1.807) is 36.5 Å². The minimum absolute atomic E-state index is 0.0540. The molecule has 3 N–H and O–H groups in total. The number of anilines is 2. The second-order valence-electron chi connectivity index (χ2n) is 14.5. The summed E-state index contributed by atoms with van der Waals surface area (Å²) in [7, 11) is 0. The third kappa shape index (κ3) is 6.98. The highest BCUT2D eigenvalue weighted by Gasteiger charge is 2.45. The van der Waals surface area contributed by atoms with E-state index in [4.69, 9.17) is 16.3 Å². The van der Waals surface area contributed by atoms with Gasteiger partial charge in [-0.3, -0.25) is 34.2 Å². The standard InChI is InChI=1S/C41H38ClN9O6/c42-32-20-27(57-26-6-2-1-3-7-26)9-11-29(32)36(53)31-21-43-37-35(31)38(45-23-44-37)46-24-5-4-14-50(22-24)49-17-15-48(16-18-49)25-8-10-28-30(19-25)41(56)51(40(28)55)33-12-13-34(52)47-39(33)54/h1-3,6-11,19-21,23-24,33H,4-5,12-18,22H2,(H,47,52,54)(H2,43,44,45,46)/t24-,33?/m1/s1. The van der Waals surface area contributed by atoms with Gasteiger partial charge in [0.15, 0.2) is 5.78 Å². The fourth-order valence-electron chi connectivity index (χ4n) is 8.18. The summed E-state index contributed by atoms with van der Waals surface area (Å²) in [4.78, 5) is 79.9. The zero-order chi connectivity index (χ0) is 39.2. The van der Waals surface area contributed by atoms with E-state index in [2.05, 4.69) is 40.5 Å². The number of aromatic amines is 1. The number of piperazine rings is 1. The Kier molecular flexibility index (Phi) is 9.64. The molecule has 3 saturated heterocycles. The molecule has 0 bridgehead atoms. The normalized spacial score (nSPS) is 20.5. The Balaban J connectivity index is 0.843. The zero-order valence-corrected chi connectivity index (χ0v) is 31.5. The minimum Gasteiger partial charge on any atom is -0.457 e. The monoisotopic (exact) mass is 787 g/mol. The number of fused-ring (bicyclic) bond motifs is 2. The van der Waals surface area contributed by atoms with Crippen molar-refractivity contribution in [1.82, 2.24) is 35.2 Å². The van der Waals surface area contributed by atoms with Gasteiger partial charge >= 0.3 is 0 Å². The topological polar surface area (TPSA) is 173 Å². The molecule has 1 unspecified atom stereocenters. The van der Waals surface area contributed by atoms with Crippen molar-refractivity contribution in [2.45, 2.75) is 37.8 Å². The molecule has 57 heavy (non-hydrogen) atoms. The van der Waals surface area contributed by atoms with E-state index in [1.807, 2.05) is 36.4 Å². The number of hydrazine groups is 1. The van der Waals surface area contributed by atoms with Gasteiger partial charge in [0.2, 0.25) is 11.8 Å². The molecule has 0 aliphatic carbocycles. The summed E-state index contributed by atoms with van der Waals surface area (Å²) < 4.78 is 5.90. The lowest BCUT2D eigenvalue weighted by Gasteiger charge is -2.45. The second-order valence-corrected chi connectivity index (χ2v) is 15.0. The first kappa shape index (κ1) is 36.5. The number of hydrogen-bond donors (Lipinski definition) is 3. The summed E-state index contributed by atoms with van der Waals surface area (Å²) >= 11 is 6.64. The highest BCUT2D eigenvalue weighted by molar-refractivity contribution is 6.36. The first-order chi connectivity index (χ1) is 27.7. The van der Waals surface area contributed by atoms with Gasteiger partial charge in [-0.05, 0) is 61.7 Å². The minimum atomic E-state index is -0.999. The van der Waals surface area contributed by atoms with Crippen LogP contribution in [0.3, 0.4) is 0 Å². The van der Waals surface area contributed by atoms with Crippen molar-refractivity contribution in [3.05, 3.63) is 107 Å². The van der Waals surface area contributed by atoms with Gasteiger partial charge in [0, 0.05) is 75.2 Å². The van der Waals surface area contributed by atoms with Gasteiger partial charge in [0.05, 0.1) is 27.1 Å². The molecule has 0 spiro atoms. The number of rotatable bonds is 9. The first-order valence-electron chi connectivity index (χ1n) is 19.0. The number of H-pyrrole nitrogens is 1. The fourth-order valence-corrected chi connectivity index (χ4v) is 8.44. The quantitative estimate of drug-likeness (QED) is 0.140. The Hall–Kier alpha value is -6.16. The number of piperidine rings is 2. The van der Waals surface area contributed by atoms with Crippen molar-refractivity contribution in [3.8, 4) is 11.5 Å². The number of carbonyl (C=O) groups is 5. The zero-order valence-electron chi connectivity index (χ0n) is 30.7. The predicted molar refractivity (Wildman–Crippen MR) is 210 cm³/mol. The van der Waals surface area contributed by atoms with Crippen LogP contribution >= 0.6 is 11.6 Å². The van der Waals surface area contributed by atoms with E-state index in [0.717, 1.165) is 49.6 Å². The highest BCUT2D eigenvalue weighted by atomic mass is 35.5. The summed E-state index contributed by atoms with van der Waals surface area (Å²) in [6, 6.07) is 18.7. The Labute approximate surface area is 331 Å². The molecule has 5 aromatic rings. The van der Waals surface area contributed by atoms with Crippen molar-refractivity contribution < 1.29 is 28.7 Å². The number of para-hydroxylation sites is 1. The third-order valence-corrected chi connectivity index (χ3v) is 11.4. The molecule has 4 amide bonds. The molecule has 15 nitrogen and oxygen atoms in total. The maximum Gasteiger partial charge on any atom is 0.262 e. The van der Waals surface area contributed by atoms with Gasteiger partial charge in [-0.15, -0.1) is 0 Å². The van der Waals surface area contributed by atoms with E-state index in [1.165, 1.54) is 6.33 Å². The lowest BCUT2D eigenvalue weighted by atomic mass is 10.0. The van der Waals surface area contributed by atoms with Gasteiger partial charge in [0.1, 0.15) is 35.3 Å². The van der Waals surface area contributed by atoms with Crippen LogP contribution < -0.4 is 20.3 Å². The smallest absolute Gasteiger partial charge is 0.262 e. The lowest BCUT2D eigenvalue weighted by Crippen LogP contribution is -2.57. The Morgan fingerprint density at radius 1 is 0.825 bits per heavy atom. The molecule has 9 rings (SSSR count). The summed E-state index contributed by atoms with van der Waals surface area (Å²) in [6.45, 7) is 4.55. The molecule has 4 aliphatic rings. The van der Waals surface area contributed by atoms with Crippen LogP contribution in [0, 0.1) is 0 Å². The van der Waals surface area contributed by atoms with Crippen LogP contribution in [0.2, 0.25) is 5.02 Å². The summed E-state index contributed by atoms with van der Waals surface area (Å²) in [6.07, 6.45) is 5.20. The van der Waals surface area contributed by atoms with Gasteiger partial charge in [-0.1, -0.05) is 29.8 Å². The van der Waals surface area contributed by atoms with Crippen LogP contribution in [-0.4, -0.2) is 111 Å². The number of ketones is 1. The fraction of sp³-hybridized carbons (Fsp3) is 0.293. The molecule has 3 fully saturated rings. The number of aromatic nitrogens is 3. The Morgan fingerprint density at radius 3 is 2.42 bits per heavy atom. The van der Waals surface area contributed by atoms with Crippen molar-refractivity contribution in [1.29, 1.82) is 0 Å². The van der Waals surface area contributed by atoms with Crippen molar-refractivity contribution >= 4 is 63.6 Å². The SMILES string of the molecule is O=C1CCC(N2C(=O)c3ccc(N4CCN(N5CCC[C@@H](Nc6ncnc7[nH]cc(C(=O)c8ccc(Oc9ccccc9)cc8Cl)c67)C5)CC4)cc3C2=O)C(=O)N1. The van der Waals surface area contributed by atoms with Crippen LogP contribution in [0.4, 0.5) is 11.5 Å². The average molecular weight is 788 g/mol. The number of nitrogens with one attached hydrogen (secondary N) is 3. The molecule has 16 heteroatoms. The highest BCUT2D eigenvalue weighted by Crippen LogP contribution is 2.34. The number of hydrogen-bond acceptors (Lipinski definition) is 12. The number of amides is 4. The molecular weight excluding hydrogens is 750 g/mol. The number of halogens is 1. The maximum atomic E-state index is 13.9. The number of benzene rings is 3. The molecule has 2 aromatic heterocycles. The van der Waals surface area contributed by atoms with Crippen molar-refractivity contribution in [3.63, 3.8) is 0 Å². The van der Waals surface area contributed by atoms with Crippen LogP contribution in [0.1, 0.15) is 62.3 Å². The number of imide groups is 2. The van der Waals surface area contributed by atoms with Crippen molar-refractivity contribution in [2.24, 2.45) is 0 Å². The second kappa shape index (κ2) is 15.1. The molecule has 4 aliphatic heterocycles. The average Bonchev–Trinajstić information content (AvgIpc) is 3.77. The van der Waals surface area contributed by atoms with Crippen LogP contribution in [0.15, 0.2) is 79.3 Å². The van der Waals surface area contributed by atoms with Crippen LogP contribution in [0.5, 0.6) is 11.5 Å². The molecule has 3 aromatic carbocycles. The van der Waals surface area contributed by atoms with E-state index < -0.39 is 29.7 Å². The third-order valence-electron chi connectivity index (χ3n) is 11.1. The van der Waals surface area contributed by atoms with Crippen molar-refractivity contribution in [2.75, 3.05) is 49.5 Å². The van der Waals surface area contributed by atoms with Gasteiger partial charge in [-0.2, -0.15) is 0 Å². The molecule has 2 atom stereocenters. The number of carbonyl (C=O) groups excluding carboxylic acids is 5. The summed E-state index contributed by atoms with van der Waals surface area (Å²) in [5.41, 5.74) is 2.67. The molecule has 6 heterocycles. The molecule has 290 valence electrons. The van der Waals surface area contributed by atoms with Crippen LogP contribution in [0.25, 0.3) is 11.0 Å². The Morgan fingerprint density at radius 2 is 1.63 bits per heavy atom. The summed E-state index contributed by atoms with van der Waals surface area (Å²) in [5, 5.41) is 11.4. The van der Waals surface area contributed by atoms with E-state index in [0.29, 0.717) is 52.6 Å². The van der Waals surface area contributed by atoms with Crippen LogP contribution in [-0.2, 0) is 9.59 Å².